The number of nitrogens with one attached hydrogen (secondary N) is 1. The van der Waals surface area contributed by atoms with Crippen molar-refractivity contribution in [2.45, 2.75) is 18.9 Å². The monoisotopic (exact) mass is 376 g/mol. The molecule has 23 heavy (non-hydrogen) atoms. The smallest absolute Gasteiger partial charge is 0.257 e. The molecule has 0 radical (unpaired) electrons. The van der Waals surface area contributed by atoms with Gasteiger partial charge in [-0.25, -0.2) is 4.98 Å². The van der Waals surface area contributed by atoms with Crippen molar-refractivity contribution in [2.75, 3.05) is 18.5 Å². The molecule has 0 bridgehead atoms. The zero-order chi connectivity index (χ0) is 16.1. The van der Waals surface area contributed by atoms with Gasteiger partial charge in [0.1, 0.15) is 6.61 Å². The summed E-state index contributed by atoms with van der Waals surface area (Å²) in [6.07, 6.45) is 3.76. The molecule has 1 amide bonds. The molecule has 1 unspecified atom stereocenters. The lowest BCUT2D eigenvalue weighted by molar-refractivity contribution is 0.0663. The van der Waals surface area contributed by atoms with Gasteiger partial charge in [-0.2, -0.15) is 0 Å². The van der Waals surface area contributed by atoms with E-state index in [1.807, 2.05) is 24.3 Å². The van der Waals surface area contributed by atoms with Crippen LogP contribution in [-0.4, -0.2) is 30.2 Å². The van der Waals surface area contributed by atoms with Gasteiger partial charge in [0, 0.05) is 29.0 Å². The summed E-state index contributed by atoms with van der Waals surface area (Å²) in [5.41, 5.74) is 1.22. The first kappa shape index (κ1) is 16.0. The van der Waals surface area contributed by atoms with E-state index < -0.39 is 0 Å². The minimum Gasteiger partial charge on any atom is -0.475 e. The maximum Gasteiger partial charge on any atom is 0.257 e. The van der Waals surface area contributed by atoms with Crippen LogP contribution in [0.15, 0.2) is 47.1 Å². The fourth-order valence-corrected chi connectivity index (χ4v) is 2.55. The molecule has 6 heteroatoms. The average Bonchev–Trinajstić information content (AvgIpc) is 3.09. The summed E-state index contributed by atoms with van der Waals surface area (Å²) >= 11 is 3.36. The van der Waals surface area contributed by atoms with Gasteiger partial charge in [0.2, 0.25) is 5.88 Å². The van der Waals surface area contributed by atoms with Crippen molar-refractivity contribution in [2.24, 2.45) is 0 Å². The fraction of sp³-hybridized carbons (Fsp3) is 0.294. The van der Waals surface area contributed by atoms with E-state index in [0.717, 1.165) is 29.6 Å². The first-order valence-corrected chi connectivity index (χ1v) is 8.27. The summed E-state index contributed by atoms with van der Waals surface area (Å²) < 4.78 is 12.0. The van der Waals surface area contributed by atoms with Crippen LogP contribution >= 0.6 is 15.9 Å². The highest BCUT2D eigenvalue weighted by molar-refractivity contribution is 9.10. The Bertz CT molecular complexity index is 653. The SMILES string of the molecule is O=C(Nc1ccc(Br)cc1)c1ccc(OCC2CCCO2)nc1. The third kappa shape index (κ3) is 4.53. The van der Waals surface area contributed by atoms with Gasteiger partial charge >= 0.3 is 0 Å². The molecule has 5 nitrogen and oxygen atoms in total. The molecule has 1 aromatic carbocycles. The number of aromatic nitrogens is 1. The molecular formula is C17H17BrN2O3. The van der Waals surface area contributed by atoms with Gasteiger partial charge in [0.25, 0.3) is 5.91 Å². The van der Waals surface area contributed by atoms with Gasteiger partial charge in [-0.3, -0.25) is 4.79 Å². The van der Waals surface area contributed by atoms with E-state index in [2.05, 4.69) is 26.2 Å². The summed E-state index contributed by atoms with van der Waals surface area (Å²) in [5.74, 6) is 0.297. The van der Waals surface area contributed by atoms with Crippen molar-refractivity contribution in [3.8, 4) is 5.88 Å². The summed E-state index contributed by atoms with van der Waals surface area (Å²) in [4.78, 5) is 16.3. The molecule has 1 aliphatic rings. The van der Waals surface area contributed by atoms with Crippen molar-refractivity contribution in [1.82, 2.24) is 4.98 Å². The van der Waals surface area contributed by atoms with Gasteiger partial charge in [0.05, 0.1) is 11.7 Å². The normalized spacial score (nSPS) is 17.0. The quantitative estimate of drug-likeness (QED) is 0.864. The average molecular weight is 377 g/mol. The van der Waals surface area contributed by atoms with Crippen molar-refractivity contribution in [3.05, 3.63) is 52.6 Å². The third-order valence-electron chi connectivity index (χ3n) is 3.54. The van der Waals surface area contributed by atoms with E-state index in [0.29, 0.717) is 18.1 Å². The van der Waals surface area contributed by atoms with Gasteiger partial charge in [-0.15, -0.1) is 0 Å². The van der Waals surface area contributed by atoms with E-state index in [-0.39, 0.29) is 12.0 Å². The molecule has 0 spiro atoms. The second kappa shape index (κ2) is 7.57. The van der Waals surface area contributed by atoms with Crippen molar-refractivity contribution in [3.63, 3.8) is 0 Å². The van der Waals surface area contributed by atoms with E-state index >= 15 is 0 Å². The molecule has 120 valence electrons. The zero-order valence-corrected chi connectivity index (χ0v) is 14.1. The number of ether oxygens (including phenoxy) is 2. The minimum absolute atomic E-state index is 0.150. The van der Waals surface area contributed by atoms with E-state index in [4.69, 9.17) is 9.47 Å². The van der Waals surface area contributed by atoms with Gasteiger partial charge in [-0.05, 0) is 43.2 Å². The van der Waals surface area contributed by atoms with Crippen LogP contribution in [0, 0.1) is 0 Å². The number of hydrogen-bond acceptors (Lipinski definition) is 4. The van der Waals surface area contributed by atoms with Gasteiger partial charge < -0.3 is 14.8 Å². The van der Waals surface area contributed by atoms with Crippen LogP contribution in [0.5, 0.6) is 5.88 Å². The number of rotatable bonds is 5. The first-order valence-electron chi connectivity index (χ1n) is 7.48. The number of hydrogen-bond donors (Lipinski definition) is 1. The molecule has 0 saturated carbocycles. The highest BCUT2D eigenvalue weighted by Gasteiger charge is 2.16. The van der Waals surface area contributed by atoms with Crippen LogP contribution < -0.4 is 10.1 Å². The Balaban J connectivity index is 1.55. The van der Waals surface area contributed by atoms with Crippen LogP contribution in [0.25, 0.3) is 0 Å². The molecule has 0 aliphatic carbocycles. The molecule has 3 rings (SSSR count). The van der Waals surface area contributed by atoms with Gasteiger partial charge in [0.15, 0.2) is 0 Å². The number of carbonyl (C=O) groups is 1. The number of pyridine rings is 1. The van der Waals surface area contributed by atoms with Crippen LogP contribution in [0.3, 0.4) is 0 Å². The number of carbonyl (C=O) groups excluding carboxylic acids is 1. The number of amides is 1. The van der Waals surface area contributed by atoms with Crippen LogP contribution in [-0.2, 0) is 4.74 Å². The molecule has 2 heterocycles. The molecule has 1 atom stereocenters. The summed E-state index contributed by atoms with van der Waals surface area (Å²) in [6, 6.07) is 10.8. The Morgan fingerprint density at radius 3 is 2.78 bits per heavy atom. The molecule has 2 aromatic rings. The summed E-state index contributed by atoms with van der Waals surface area (Å²) in [6.45, 7) is 1.30. The lowest BCUT2D eigenvalue weighted by Gasteiger charge is -2.11. The Kier molecular flexibility index (Phi) is 5.25. The van der Waals surface area contributed by atoms with Gasteiger partial charge in [-0.1, -0.05) is 15.9 Å². The third-order valence-corrected chi connectivity index (χ3v) is 4.07. The van der Waals surface area contributed by atoms with E-state index in [9.17, 15) is 4.79 Å². The van der Waals surface area contributed by atoms with Crippen LogP contribution in [0.1, 0.15) is 23.2 Å². The molecular weight excluding hydrogens is 360 g/mol. The highest BCUT2D eigenvalue weighted by Crippen LogP contribution is 2.17. The van der Waals surface area contributed by atoms with E-state index in [1.54, 1.807) is 12.1 Å². The number of nitrogens with zero attached hydrogens (tertiary/aromatic N) is 1. The van der Waals surface area contributed by atoms with Crippen molar-refractivity contribution < 1.29 is 14.3 Å². The van der Waals surface area contributed by atoms with Crippen LogP contribution in [0.2, 0.25) is 0 Å². The first-order chi connectivity index (χ1) is 11.2. The molecule has 1 aromatic heterocycles. The predicted octanol–water partition coefficient (Wildman–Crippen LogP) is 3.65. The maximum atomic E-state index is 12.2. The Morgan fingerprint density at radius 1 is 1.30 bits per heavy atom. The Hall–Kier alpha value is -1.92. The Morgan fingerprint density at radius 2 is 2.13 bits per heavy atom. The van der Waals surface area contributed by atoms with Crippen LogP contribution in [0.4, 0.5) is 5.69 Å². The topological polar surface area (TPSA) is 60.5 Å². The standard InChI is InChI=1S/C17H17BrN2O3/c18-13-4-6-14(7-5-13)20-17(21)12-3-8-16(19-10-12)23-11-15-2-1-9-22-15/h3-8,10,15H,1-2,9,11H2,(H,20,21). The Labute approximate surface area is 143 Å². The second-order valence-electron chi connectivity index (χ2n) is 5.29. The molecule has 1 saturated heterocycles. The number of benzene rings is 1. The zero-order valence-electron chi connectivity index (χ0n) is 12.5. The highest BCUT2D eigenvalue weighted by atomic mass is 79.9. The molecule has 1 aliphatic heterocycles. The maximum absolute atomic E-state index is 12.2. The number of anilines is 1. The number of halogens is 1. The molecule has 1 fully saturated rings. The second-order valence-corrected chi connectivity index (χ2v) is 6.21. The lowest BCUT2D eigenvalue weighted by Crippen LogP contribution is -2.17. The van der Waals surface area contributed by atoms with Crippen molar-refractivity contribution >= 4 is 27.5 Å². The predicted molar refractivity (Wildman–Crippen MR) is 90.8 cm³/mol. The summed E-state index contributed by atoms with van der Waals surface area (Å²) in [7, 11) is 0. The molecule has 1 N–H and O–H groups in total. The minimum atomic E-state index is -0.203. The summed E-state index contributed by atoms with van der Waals surface area (Å²) in [5, 5.41) is 2.82. The lowest BCUT2D eigenvalue weighted by atomic mass is 10.2. The largest absolute Gasteiger partial charge is 0.475 e. The fourth-order valence-electron chi connectivity index (χ4n) is 2.29. The van der Waals surface area contributed by atoms with Crippen molar-refractivity contribution in [1.29, 1.82) is 0 Å². The van der Waals surface area contributed by atoms with E-state index in [1.165, 1.54) is 6.20 Å².